The molecule has 0 radical (unpaired) electrons. The van der Waals surface area contributed by atoms with Crippen molar-refractivity contribution in [1.82, 2.24) is 9.62 Å². The van der Waals surface area contributed by atoms with Gasteiger partial charge in [0.15, 0.2) is 0 Å². The third kappa shape index (κ3) is 2.55. The fourth-order valence-corrected chi connectivity index (χ4v) is 5.00. The Labute approximate surface area is 120 Å². The molecule has 1 aromatic carbocycles. The molecule has 0 aliphatic carbocycles. The van der Waals surface area contributed by atoms with Crippen LogP contribution in [0.4, 0.5) is 5.69 Å². The van der Waals surface area contributed by atoms with Crippen molar-refractivity contribution in [2.45, 2.75) is 25.3 Å². The van der Waals surface area contributed by atoms with Crippen molar-refractivity contribution in [1.29, 1.82) is 0 Å². The summed E-state index contributed by atoms with van der Waals surface area (Å²) in [6.07, 6.45) is 2.70. The van der Waals surface area contributed by atoms with E-state index >= 15 is 0 Å². The van der Waals surface area contributed by atoms with Gasteiger partial charge in [0.1, 0.15) is 0 Å². The number of benzene rings is 1. The lowest BCUT2D eigenvalue weighted by Crippen LogP contribution is -2.55. The van der Waals surface area contributed by atoms with Crippen LogP contribution in [0.2, 0.25) is 0 Å². The number of anilines is 1. The lowest BCUT2D eigenvalue weighted by atomic mass is 10.1. The Morgan fingerprint density at radius 1 is 1.05 bits per heavy atom. The quantitative estimate of drug-likeness (QED) is 0.892. The summed E-state index contributed by atoms with van der Waals surface area (Å²) in [5, 5.41) is 3.29. The van der Waals surface area contributed by atoms with Crippen LogP contribution in [0.3, 0.4) is 0 Å². The van der Waals surface area contributed by atoms with Crippen LogP contribution in [0.1, 0.15) is 19.3 Å². The second-order valence-corrected chi connectivity index (χ2v) is 7.17. The molecular formula is C14H21N3O2S. The highest BCUT2D eigenvalue weighted by atomic mass is 32.2. The van der Waals surface area contributed by atoms with Crippen LogP contribution in [0.15, 0.2) is 30.3 Å². The molecule has 0 atom stereocenters. The maximum atomic E-state index is 12.8. The number of nitrogens with zero attached hydrogens (tertiary/aromatic N) is 2. The van der Waals surface area contributed by atoms with E-state index in [-0.39, 0.29) is 6.04 Å². The smallest absolute Gasteiger partial charge is 0.304 e. The van der Waals surface area contributed by atoms with Crippen LogP contribution < -0.4 is 9.62 Å². The predicted molar refractivity (Wildman–Crippen MR) is 79.9 cm³/mol. The van der Waals surface area contributed by atoms with Gasteiger partial charge in [-0.2, -0.15) is 12.7 Å². The van der Waals surface area contributed by atoms with Gasteiger partial charge >= 0.3 is 10.2 Å². The van der Waals surface area contributed by atoms with Gasteiger partial charge in [0.25, 0.3) is 0 Å². The zero-order chi connectivity index (χ0) is 14.0. The molecule has 2 aliphatic rings. The van der Waals surface area contributed by atoms with Gasteiger partial charge in [0.2, 0.25) is 0 Å². The third-order valence-electron chi connectivity index (χ3n) is 4.07. The standard InChI is InChI=1S/C14H21N3O2S/c18-20(19)16(13-5-2-1-3-6-13)11-4-12-17(20)14-7-9-15-10-8-14/h1-3,5-6,14-15H,4,7-12H2. The molecule has 1 N–H and O–H groups in total. The highest BCUT2D eigenvalue weighted by molar-refractivity contribution is 7.90. The molecule has 5 nitrogen and oxygen atoms in total. The Kier molecular flexibility index (Phi) is 3.96. The molecule has 2 saturated heterocycles. The summed E-state index contributed by atoms with van der Waals surface area (Å²) < 4.78 is 29.0. The topological polar surface area (TPSA) is 52.7 Å². The molecule has 110 valence electrons. The van der Waals surface area contributed by atoms with Gasteiger partial charge in [-0.15, -0.1) is 0 Å². The first kappa shape index (κ1) is 13.9. The minimum atomic E-state index is -3.38. The highest BCUT2D eigenvalue weighted by Gasteiger charge is 2.38. The maximum Gasteiger partial charge on any atom is 0.304 e. The first-order valence-corrected chi connectivity index (χ1v) is 8.64. The lowest BCUT2D eigenvalue weighted by Gasteiger charge is -2.41. The summed E-state index contributed by atoms with van der Waals surface area (Å²) >= 11 is 0. The Morgan fingerprint density at radius 2 is 1.75 bits per heavy atom. The molecular weight excluding hydrogens is 274 g/mol. The number of para-hydroxylation sites is 1. The average molecular weight is 295 g/mol. The van der Waals surface area contributed by atoms with Crippen LogP contribution >= 0.6 is 0 Å². The Bertz CT molecular complexity index is 541. The van der Waals surface area contributed by atoms with E-state index in [0.717, 1.165) is 38.0 Å². The van der Waals surface area contributed by atoms with Gasteiger partial charge in [0, 0.05) is 19.1 Å². The molecule has 0 spiro atoms. The number of rotatable bonds is 2. The summed E-state index contributed by atoms with van der Waals surface area (Å²) in [5.41, 5.74) is 0.770. The zero-order valence-electron chi connectivity index (χ0n) is 11.5. The Balaban J connectivity index is 1.87. The van der Waals surface area contributed by atoms with Crippen LogP contribution in [-0.2, 0) is 10.2 Å². The highest BCUT2D eigenvalue weighted by Crippen LogP contribution is 2.28. The average Bonchev–Trinajstić information content (AvgIpc) is 2.48. The van der Waals surface area contributed by atoms with Crippen molar-refractivity contribution in [3.8, 4) is 0 Å². The van der Waals surface area contributed by atoms with Crippen LogP contribution in [0.25, 0.3) is 0 Å². The normalized spacial score (nSPS) is 24.7. The van der Waals surface area contributed by atoms with E-state index in [1.165, 1.54) is 0 Å². The van der Waals surface area contributed by atoms with Gasteiger partial charge in [-0.25, -0.2) is 0 Å². The lowest BCUT2D eigenvalue weighted by molar-refractivity contribution is 0.252. The summed E-state index contributed by atoms with van der Waals surface area (Å²) in [6, 6.07) is 9.55. The molecule has 0 bridgehead atoms. The Morgan fingerprint density at radius 3 is 2.45 bits per heavy atom. The molecule has 1 aromatic rings. The molecule has 0 aromatic heterocycles. The van der Waals surface area contributed by atoms with Crippen molar-refractivity contribution in [3.63, 3.8) is 0 Å². The van der Waals surface area contributed by atoms with E-state index in [0.29, 0.717) is 13.1 Å². The van der Waals surface area contributed by atoms with Crippen molar-refractivity contribution < 1.29 is 8.42 Å². The van der Waals surface area contributed by atoms with Gasteiger partial charge in [0.05, 0.1) is 5.69 Å². The molecule has 0 amide bonds. The minimum absolute atomic E-state index is 0.146. The van der Waals surface area contributed by atoms with E-state index in [2.05, 4.69) is 5.32 Å². The number of hydrogen-bond acceptors (Lipinski definition) is 3. The van der Waals surface area contributed by atoms with Crippen LogP contribution in [-0.4, -0.2) is 44.9 Å². The molecule has 2 fully saturated rings. The first-order chi connectivity index (χ1) is 9.69. The number of hydrogen-bond donors (Lipinski definition) is 1. The fraction of sp³-hybridized carbons (Fsp3) is 0.571. The van der Waals surface area contributed by atoms with E-state index < -0.39 is 10.2 Å². The summed E-state index contributed by atoms with van der Waals surface area (Å²) in [5.74, 6) is 0. The van der Waals surface area contributed by atoms with E-state index in [1.54, 1.807) is 8.61 Å². The minimum Gasteiger partial charge on any atom is -0.317 e. The molecule has 6 heteroatoms. The number of nitrogens with one attached hydrogen (secondary N) is 1. The fourth-order valence-electron chi connectivity index (χ4n) is 3.05. The van der Waals surface area contributed by atoms with E-state index in [9.17, 15) is 8.42 Å². The number of piperidine rings is 1. The van der Waals surface area contributed by atoms with Crippen LogP contribution in [0, 0.1) is 0 Å². The Hall–Kier alpha value is -1.11. The maximum absolute atomic E-state index is 12.8. The largest absolute Gasteiger partial charge is 0.317 e. The van der Waals surface area contributed by atoms with Crippen molar-refractivity contribution in [2.24, 2.45) is 0 Å². The van der Waals surface area contributed by atoms with Crippen molar-refractivity contribution in [2.75, 3.05) is 30.5 Å². The van der Waals surface area contributed by atoms with Crippen molar-refractivity contribution >= 4 is 15.9 Å². The zero-order valence-corrected chi connectivity index (χ0v) is 12.3. The molecule has 0 saturated carbocycles. The van der Waals surface area contributed by atoms with Gasteiger partial charge in [-0.05, 0) is 44.5 Å². The molecule has 20 heavy (non-hydrogen) atoms. The summed E-state index contributed by atoms with van der Waals surface area (Å²) in [6.45, 7) is 3.04. The van der Waals surface area contributed by atoms with Gasteiger partial charge < -0.3 is 5.32 Å². The van der Waals surface area contributed by atoms with Crippen LogP contribution in [0.5, 0.6) is 0 Å². The van der Waals surface area contributed by atoms with E-state index in [4.69, 9.17) is 0 Å². The van der Waals surface area contributed by atoms with Gasteiger partial charge in [-0.3, -0.25) is 4.31 Å². The summed E-state index contributed by atoms with van der Waals surface area (Å²) in [7, 11) is -3.38. The third-order valence-corrected chi connectivity index (χ3v) is 6.10. The monoisotopic (exact) mass is 295 g/mol. The first-order valence-electron chi connectivity index (χ1n) is 7.25. The van der Waals surface area contributed by atoms with E-state index in [1.807, 2.05) is 30.3 Å². The molecule has 2 heterocycles. The molecule has 2 aliphatic heterocycles. The second kappa shape index (κ2) is 5.71. The van der Waals surface area contributed by atoms with Crippen molar-refractivity contribution in [3.05, 3.63) is 30.3 Å². The summed E-state index contributed by atoms with van der Waals surface area (Å²) in [4.78, 5) is 0. The predicted octanol–water partition coefficient (Wildman–Crippen LogP) is 1.20. The second-order valence-electron chi connectivity index (χ2n) is 5.36. The van der Waals surface area contributed by atoms with Gasteiger partial charge in [-0.1, -0.05) is 18.2 Å². The molecule has 3 rings (SSSR count). The molecule has 0 unspecified atom stereocenters. The SMILES string of the molecule is O=S1(=O)N(c2ccccc2)CCCN1C1CCNCC1.